The van der Waals surface area contributed by atoms with Crippen LogP contribution in [0.2, 0.25) is 0 Å². The molecule has 0 aromatic heterocycles. The monoisotopic (exact) mass is 403 g/mol. The first kappa shape index (κ1) is 23.3. The maximum Gasteiger partial charge on any atom is 0.408 e. The number of alkyl carbamates (subject to hydrolysis) is 3. The number of rotatable bonds is 7. The zero-order valence-corrected chi connectivity index (χ0v) is 16.6. The molecule has 11 heteroatoms. The van der Waals surface area contributed by atoms with Gasteiger partial charge < -0.3 is 34.9 Å². The maximum atomic E-state index is 11.7. The van der Waals surface area contributed by atoms with E-state index in [0.29, 0.717) is 25.7 Å². The number of hydrogen-bond acceptors (Lipinski definition) is 8. The fraction of sp³-hybridized carbons (Fsp3) is 0.765. The summed E-state index contributed by atoms with van der Waals surface area (Å²) in [5.74, 6) is -0.473. The van der Waals surface area contributed by atoms with Crippen molar-refractivity contribution in [3.8, 4) is 0 Å². The molecule has 0 aromatic rings. The van der Waals surface area contributed by atoms with Crippen molar-refractivity contribution >= 4 is 24.2 Å². The maximum absolute atomic E-state index is 11.7. The third-order valence-electron chi connectivity index (χ3n) is 4.88. The highest BCUT2D eigenvalue weighted by atomic mass is 16.5. The number of methoxy groups -OCH3 is 4. The van der Waals surface area contributed by atoms with Crippen molar-refractivity contribution < 1.29 is 38.1 Å². The fourth-order valence-electron chi connectivity index (χ4n) is 3.33. The van der Waals surface area contributed by atoms with Gasteiger partial charge in [-0.1, -0.05) is 0 Å². The van der Waals surface area contributed by atoms with Gasteiger partial charge in [-0.25, -0.2) is 14.4 Å². The molecular formula is C17H29N3O8. The topological polar surface area (TPSA) is 141 Å². The molecule has 1 saturated carbocycles. The van der Waals surface area contributed by atoms with Gasteiger partial charge in [-0.2, -0.15) is 0 Å². The molecule has 0 aliphatic heterocycles. The lowest BCUT2D eigenvalue weighted by Gasteiger charge is -2.36. The van der Waals surface area contributed by atoms with Crippen molar-refractivity contribution in [1.29, 1.82) is 0 Å². The second-order valence-corrected chi connectivity index (χ2v) is 6.45. The summed E-state index contributed by atoms with van der Waals surface area (Å²) in [6, 6.07) is -0.429. The molecule has 0 aromatic carbocycles. The number of nitrogens with one attached hydrogen (secondary N) is 3. The Hall–Kier alpha value is -2.72. The molecule has 3 N–H and O–H groups in total. The van der Waals surface area contributed by atoms with Crippen LogP contribution in [-0.4, -0.2) is 64.9 Å². The van der Waals surface area contributed by atoms with Gasteiger partial charge in [0, 0.05) is 6.04 Å². The number of hydrogen-bond donors (Lipinski definition) is 3. The Labute approximate surface area is 163 Å². The van der Waals surface area contributed by atoms with Crippen LogP contribution >= 0.6 is 0 Å². The molecule has 160 valence electrons. The van der Waals surface area contributed by atoms with Gasteiger partial charge in [0.1, 0.15) is 6.17 Å². The molecule has 0 radical (unpaired) electrons. The summed E-state index contributed by atoms with van der Waals surface area (Å²) in [7, 11) is 5.01. The van der Waals surface area contributed by atoms with E-state index in [9.17, 15) is 19.2 Å². The normalized spacial score (nSPS) is 19.8. The van der Waals surface area contributed by atoms with Crippen molar-refractivity contribution in [2.24, 2.45) is 11.8 Å². The molecular weight excluding hydrogens is 374 g/mol. The van der Waals surface area contributed by atoms with E-state index < -0.39 is 36.5 Å². The van der Waals surface area contributed by atoms with Crippen molar-refractivity contribution in [1.82, 2.24) is 16.0 Å². The molecule has 1 aliphatic rings. The molecule has 1 rings (SSSR count). The molecule has 3 amide bonds. The highest BCUT2D eigenvalue weighted by Gasteiger charge is 2.34. The standard InChI is InChI=1S/C17H29N3O8/c1-25-13(21)9-12(18-15(22)26-2)10-5-7-11(8-6-10)14(19-16(23)27-3)20-17(24)28-4/h10-12,14H,5-9H2,1-4H3,(H,18,22)(H,19,23)(H,20,24). The summed E-state index contributed by atoms with van der Waals surface area (Å²) in [6.07, 6.45) is 0.0386. The van der Waals surface area contributed by atoms with Gasteiger partial charge in [0.2, 0.25) is 0 Å². The molecule has 0 heterocycles. The Morgan fingerprint density at radius 1 is 0.714 bits per heavy atom. The van der Waals surface area contributed by atoms with Crippen LogP contribution in [0.4, 0.5) is 14.4 Å². The molecule has 1 unspecified atom stereocenters. The largest absolute Gasteiger partial charge is 0.469 e. The lowest BCUT2D eigenvalue weighted by Crippen LogP contribution is -2.53. The van der Waals surface area contributed by atoms with E-state index in [2.05, 4.69) is 30.2 Å². The summed E-state index contributed by atoms with van der Waals surface area (Å²) in [5, 5.41) is 7.87. The molecule has 28 heavy (non-hydrogen) atoms. The first-order valence-electron chi connectivity index (χ1n) is 8.94. The van der Waals surface area contributed by atoms with E-state index in [1.54, 1.807) is 0 Å². The van der Waals surface area contributed by atoms with E-state index in [1.807, 2.05) is 0 Å². The van der Waals surface area contributed by atoms with Gasteiger partial charge in [0.15, 0.2) is 0 Å². The predicted octanol–water partition coefficient (Wildman–Crippen LogP) is 1.12. The molecule has 11 nitrogen and oxygen atoms in total. The minimum Gasteiger partial charge on any atom is -0.469 e. The summed E-state index contributed by atoms with van der Waals surface area (Å²) in [4.78, 5) is 46.4. The fourth-order valence-corrected chi connectivity index (χ4v) is 3.33. The van der Waals surface area contributed by atoms with Gasteiger partial charge in [-0.3, -0.25) is 4.79 Å². The molecule has 0 saturated heterocycles. The van der Waals surface area contributed by atoms with Crippen LogP contribution in [0.1, 0.15) is 32.1 Å². The molecule has 1 aliphatic carbocycles. The van der Waals surface area contributed by atoms with Crippen molar-refractivity contribution in [2.45, 2.75) is 44.3 Å². The van der Waals surface area contributed by atoms with Gasteiger partial charge in [-0.05, 0) is 37.5 Å². The Kier molecular flexibility index (Phi) is 9.89. The van der Waals surface area contributed by atoms with E-state index in [1.165, 1.54) is 28.4 Å². The molecule has 0 bridgehead atoms. The average molecular weight is 403 g/mol. The second kappa shape index (κ2) is 11.9. The first-order chi connectivity index (χ1) is 13.3. The SMILES string of the molecule is COC(=O)CC(NC(=O)OC)C1CCC(C(NC(=O)OC)NC(=O)OC)CC1. The van der Waals surface area contributed by atoms with Gasteiger partial charge in [-0.15, -0.1) is 0 Å². The van der Waals surface area contributed by atoms with Crippen LogP contribution in [0.5, 0.6) is 0 Å². The zero-order chi connectivity index (χ0) is 21.1. The van der Waals surface area contributed by atoms with Crippen molar-refractivity contribution in [3.05, 3.63) is 0 Å². The van der Waals surface area contributed by atoms with Crippen molar-refractivity contribution in [3.63, 3.8) is 0 Å². The van der Waals surface area contributed by atoms with Gasteiger partial charge >= 0.3 is 24.2 Å². The van der Waals surface area contributed by atoms with Crippen LogP contribution < -0.4 is 16.0 Å². The highest BCUT2D eigenvalue weighted by molar-refractivity contribution is 5.72. The van der Waals surface area contributed by atoms with Crippen LogP contribution in [0.3, 0.4) is 0 Å². The highest BCUT2D eigenvalue weighted by Crippen LogP contribution is 2.33. The van der Waals surface area contributed by atoms with Crippen LogP contribution in [0.15, 0.2) is 0 Å². The zero-order valence-electron chi connectivity index (χ0n) is 16.6. The van der Waals surface area contributed by atoms with Gasteiger partial charge in [0.05, 0.1) is 34.9 Å². The van der Waals surface area contributed by atoms with E-state index >= 15 is 0 Å². The first-order valence-corrected chi connectivity index (χ1v) is 8.94. The average Bonchev–Trinajstić information content (AvgIpc) is 2.72. The summed E-state index contributed by atoms with van der Waals surface area (Å²) < 4.78 is 18.5. The third kappa shape index (κ3) is 7.49. The van der Waals surface area contributed by atoms with Crippen LogP contribution in [0.25, 0.3) is 0 Å². The Morgan fingerprint density at radius 2 is 1.14 bits per heavy atom. The number of ether oxygens (including phenoxy) is 4. The summed E-state index contributed by atoms with van der Waals surface area (Å²) in [6.45, 7) is 0. The second-order valence-electron chi connectivity index (χ2n) is 6.45. The number of esters is 1. The summed E-state index contributed by atoms with van der Waals surface area (Å²) >= 11 is 0. The Balaban J connectivity index is 2.75. The predicted molar refractivity (Wildman–Crippen MR) is 96.3 cm³/mol. The molecule has 0 spiro atoms. The van der Waals surface area contributed by atoms with Crippen molar-refractivity contribution in [2.75, 3.05) is 28.4 Å². The molecule has 1 atom stereocenters. The third-order valence-corrected chi connectivity index (χ3v) is 4.88. The quantitative estimate of drug-likeness (QED) is 0.326. The lowest BCUT2D eigenvalue weighted by atomic mass is 9.76. The number of carbonyl (C=O) groups excluding carboxylic acids is 4. The van der Waals surface area contributed by atoms with Crippen LogP contribution in [0, 0.1) is 11.8 Å². The Bertz CT molecular complexity index is 465. The number of amides is 3. The lowest BCUT2D eigenvalue weighted by molar-refractivity contribution is -0.141. The van der Waals surface area contributed by atoms with E-state index in [-0.39, 0.29) is 18.3 Å². The van der Waals surface area contributed by atoms with Crippen LogP contribution in [-0.2, 0) is 23.7 Å². The van der Waals surface area contributed by atoms with E-state index in [4.69, 9.17) is 4.74 Å². The smallest absolute Gasteiger partial charge is 0.408 e. The summed E-state index contributed by atoms with van der Waals surface area (Å²) in [5.41, 5.74) is 0. The Morgan fingerprint density at radius 3 is 1.57 bits per heavy atom. The van der Waals surface area contributed by atoms with E-state index in [0.717, 1.165) is 0 Å². The minimum absolute atomic E-state index is 0.0198. The molecule has 1 fully saturated rings. The number of carbonyl (C=O) groups is 4. The van der Waals surface area contributed by atoms with Gasteiger partial charge in [0.25, 0.3) is 0 Å². The minimum atomic E-state index is -0.667.